The summed E-state index contributed by atoms with van der Waals surface area (Å²) in [5, 5.41) is 3.33. The Morgan fingerprint density at radius 1 is 1.06 bits per heavy atom. The highest BCUT2D eigenvalue weighted by molar-refractivity contribution is 7.80. The molecule has 1 N–H and O–H groups in total. The van der Waals surface area contributed by atoms with E-state index in [0.717, 1.165) is 11.1 Å². The fourth-order valence-corrected chi connectivity index (χ4v) is 3.70. The summed E-state index contributed by atoms with van der Waals surface area (Å²) in [5.74, 6) is 2.47. The van der Waals surface area contributed by atoms with Gasteiger partial charge in [0, 0.05) is 5.56 Å². The maximum atomic E-state index is 12.9. The lowest BCUT2D eigenvalue weighted by molar-refractivity contribution is -0.122. The molecule has 1 amide bonds. The number of benzene rings is 2. The molecule has 0 radical (unpaired) electrons. The number of amides is 1. The maximum Gasteiger partial charge on any atom is 0.276 e. The van der Waals surface area contributed by atoms with E-state index in [2.05, 4.69) is 5.32 Å². The summed E-state index contributed by atoms with van der Waals surface area (Å²) in [7, 11) is 1.61. The van der Waals surface area contributed by atoms with Crippen LogP contribution in [0.5, 0.6) is 17.2 Å². The molecule has 1 fully saturated rings. The number of para-hydroxylation sites is 2. The van der Waals surface area contributed by atoms with Crippen LogP contribution in [0.1, 0.15) is 23.8 Å². The van der Waals surface area contributed by atoms with E-state index < -0.39 is 0 Å². The van der Waals surface area contributed by atoms with Gasteiger partial charge in [-0.05, 0) is 67.2 Å². The van der Waals surface area contributed by atoms with Crippen molar-refractivity contribution in [3.8, 4) is 17.2 Å². The third kappa shape index (κ3) is 5.18. The van der Waals surface area contributed by atoms with Crippen molar-refractivity contribution >= 4 is 29.3 Å². The van der Waals surface area contributed by atoms with Gasteiger partial charge in [-0.1, -0.05) is 18.2 Å². The minimum absolute atomic E-state index is 0.212. The van der Waals surface area contributed by atoms with Crippen molar-refractivity contribution in [2.45, 2.75) is 20.1 Å². The number of nitrogens with one attached hydrogen (secondary N) is 1. The largest absolute Gasteiger partial charge is 0.496 e. The predicted octanol–water partition coefficient (Wildman–Crippen LogP) is 4.52. The molecule has 33 heavy (non-hydrogen) atoms. The zero-order valence-electron chi connectivity index (χ0n) is 18.4. The van der Waals surface area contributed by atoms with Gasteiger partial charge in [-0.25, -0.2) is 0 Å². The van der Waals surface area contributed by atoms with E-state index in [-0.39, 0.29) is 19.1 Å². The average Bonchev–Trinajstić information content (AvgIpc) is 3.43. The summed E-state index contributed by atoms with van der Waals surface area (Å²) in [6, 6.07) is 16.7. The third-order valence-corrected chi connectivity index (χ3v) is 5.33. The van der Waals surface area contributed by atoms with E-state index in [9.17, 15) is 4.79 Å². The second kappa shape index (κ2) is 10.2. The van der Waals surface area contributed by atoms with Crippen LogP contribution in [-0.2, 0) is 17.9 Å². The molecule has 2 aromatic carbocycles. The Balaban J connectivity index is 1.52. The van der Waals surface area contributed by atoms with Crippen molar-refractivity contribution in [1.82, 2.24) is 10.2 Å². The van der Waals surface area contributed by atoms with Gasteiger partial charge in [-0.3, -0.25) is 9.69 Å². The fraction of sp³-hybridized carbons (Fsp3) is 0.200. The number of hydrogen-bond donors (Lipinski definition) is 1. The number of nitrogens with zero attached hydrogens (tertiary/aromatic N) is 1. The van der Waals surface area contributed by atoms with Gasteiger partial charge in [0.25, 0.3) is 5.91 Å². The van der Waals surface area contributed by atoms with Crippen molar-refractivity contribution in [3.63, 3.8) is 0 Å². The fourth-order valence-electron chi connectivity index (χ4n) is 3.44. The van der Waals surface area contributed by atoms with E-state index in [1.807, 2.05) is 49.4 Å². The van der Waals surface area contributed by atoms with E-state index in [1.54, 1.807) is 31.6 Å². The SMILES string of the molecule is CCOc1ccccc1OCc1cc(/C=C2/NC(=S)N(Cc3ccco3)C2=O)ccc1OC. The highest BCUT2D eigenvalue weighted by Gasteiger charge is 2.31. The zero-order valence-corrected chi connectivity index (χ0v) is 19.2. The molecule has 1 saturated heterocycles. The van der Waals surface area contributed by atoms with Crippen molar-refractivity contribution < 1.29 is 23.4 Å². The molecule has 1 aliphatic heterocycles. The molecule has 1 aliphatic rings. The van der Waals surface area contributed by atoms with Crippen LogP contribution in [0.25, 0.3) is 6.08 Å². The monoisotopic (exact) mass is 464 g/mol. The summed E-state index contributed by atoms with van der Waals surface area (Å²) in [5.41, 5.74) is 2.04. The number of rotatable bonds is 9. The Kier molecular flexibility index (Phi) is 6.95. The minimum Gasteiger partial charge on any atom is -0.496 e. The normalized spacial score (nSPS) is 14.5. The van der Waals surface area contributed by atoms with Gasteiger partial charge in [-0.2, -0.15) is 0 Å². The molecule has 4 rings (SSSR count). The van der Waals surface area contributed by atoms with Gasteiger partial charge in [0.05, 0.1) is 26.5 Å². The van der Waals surface area contributed by atoms with Crippen molar-refractivity contribution in [2.24, 2.45) is 0 Å². The van der Waals surface area contributed by atoms with E-state index in [0.29, 0.717) is 40.4 Å². The van der Waals surface area contributed by atoms with Gasteiger partial charge in [0.2, 0.25) is 0 Å². The van der Waals surface area contributed by atoms with Gasteiger partial charge in [0.1, 0.15) is 23.8 Å². The topological polar surface area (TPSA) is 73.2 Å². The van der Waals surface area contributed by atoms with Crippen LogP contribution in [-0.4, -0.2) is 29.6 Å². The number of furan rings is 1. The van der Waals surface area contributed by atoms with Gasteiger partial charge in [0.15, 0.2) is 16.6 Å². The van der Waals surface area contributed by atoms with Crippen LogP contribution in [0.15, 0.2) is 71.0 Å². The third-order valence-electron chi connectivity index (χ3n) is 5.00. The molecule has 8 heteroatoms. The quantitative estimate of drug-likeness (QED) is 0.369. The van der Waals surface area contributed by atoms with Crippen LogP contribution in [0.2, 0.25) is 0 Å². The Morgan fingerprint density at radius 3 is 2.55 bits per heavy atom. The smallest absolute Gasteiger partial charge is 0.276 e. The Hall–Kier alpha value is -3.78. The summed E-state index contributed by atoms with van der Waals surface area (Å²) in [4.78, 5) is 14.3. The second-order valence-electron chi connectivity index (χ2n) is 7.20. The number of thiocarbonyl (C=S) groups is 1. The zero-order chi connectivity index (χ0) is 23.2. The lowest BCUT2D eigenvalue weighted by Gasteiger charge is -2.14. The molecule has 7 nitrogen and oxygen atoms in total. The molecule has 0 spiro atoms. The van der Waals surface area contributed by atoms with E-state index in [4.69, 9.17) is 30.8 Å². The van der Waals surface area contributed by atoms with Crippen molar-refractivity contribution in [1.29, 1.82) is 0 Å². The standard InChI is InChI=1S/C25H24N2O5S/c1-3-30-22-8-4-5-9-23(22)32-16-18-13-17(10-11-21(18)29-2)14-20-24(28)27(25(33)26-20)15-19-7-6-12-31-19/h4-14H,3,15-16H2,1-2H3,(H,26,33)/b20-14+. The number of methoxy groups -OCH3 is 1. The first-order chi connectivity index (χ1) is 16.1. The van der Waals surface area contributed by atoms with E-state index in [1.165, 1.54) is 4.90 Å². The van der Waals surface area contributed by atoms with Gasteiger partial charge in [-0.15, -0.1) is 0 Å². The van der Waals surface area contributed by atoms with Crippen LogP contribution < -0.4 is 19.5 Å². The number of carbonyl (C=O) groups excluding carboxylic acids is 1. The molecular formula is C25H24N2O5S. The number of hydrogen-bond acceptors (Lipinski definition) is 6. The molecule has 3 aromatic rings. The Bertz CT molecular complexity index is 1170. The maximum absolute atomic E-state index is 12.9. The summed E-state index contributed by atoms with van der Waals surface area (Å²) >= 11 is 5.34. The molecule has 170 valence electrons. The molecule has 2 heterocycles. The predicted molar refractivity (Wildman–Crippen MR) is 128 cm³/mol. The lowest BCUT2D eigenvalue weighted by Crippen LogP contribution is -2.29. The van der Waals surface area contributed by atoms with Crippen molar-refractivity contribution in [2.75, 3.05) is 13.7 Å². The minimum atomic E-state index is -0.212. The first-order valence-electron chi connectivity index (χ1n) is 10.5. The Labute approximate surface area is 197 Å². The average molecular weight is 465 g/mol. The summed E-state index contributed by atoms with van der Waals surface area (Å²) < 4.78 is 22.5. The summed E-state index contributed by atoms with van der Waals surface area (Å²) in [6.07, 6.45) is 3.32. The van der Waals surface area contributed by atoms with Crippen LogP contribution in [0, 0.1) is 0 Å². The molecule has 1 aromatic heterocycles. The number of carbonyl (C=O) groups is 1. The molecule has 0 atom stereocenters. The highest BCUT2D eigenvalue weighted by atomic mass is 32.1. The van der Waals surface area contributed by atoms with Gasteiger partial charge >= 0.3 is 0 Å². The molecule has 0 saturated carbocycles. The first-order valence-corrected chi connectivity index (χ1v) is 10.9. The molecular weight excluding hydrogens is 440 g/mol. The van der Waals surface area contributed by atoms with E-state index >= 15 is 0 Å². The van der Waals surface area contributed by atoms with Gasteiger partial charge < -0.3 is 23.9 Å². The second-order valence-corrected chi connectivity index (χ2v) is 7.59. The Morgan fingerprint density at radius 2 is 1.85 bits per heavy atom. The molecule has 0 bridgehead atoms. The first kappa shape index (κ1) is 22.4. The number of ether oxygens (including phenoxy) is 3. The van der Waals surface area contributed by atoms with Crippen molar-refractivity contribution in [3.05, 3.63) is 83.4 Å². The summed E-state index contributed by atoms with van der Waals surface area (Å²) in [6.45, 7) is 3.02. The lowest BCUT2D eigenvalue weighted by atomic mass is 10.1. The molecule has 0 unspecified atom stereocenters. The molecule has 0 aliphatic carbocycles. The van der Waals surface area contributed by atoms with Crippen LogP contribution in [0.4, 0.5) is 0 Å². The van der Waals surface area contributed by atoms with Crippen LogP contribution >= 0.6 is 12.2 Å². The highest BCUT2D eigenvalue weighted by Crippen LogP contribution is 2.29. The van der Waals surface area contributed by atoms with Crippen LogP contribution in [0.3, 0.4) is 0 Å².